The zero-order valence-corrected chi connectivity index (χ0v) is 11.0. The molecule has 0 saturated heterocycles. The summed E-state index contributed by atoms with van der Waals surface area (Å²) in [6, 6.07) is 3.13. The Kier molecular flexibility index (Phi) is 2.96. The normalized spacial score (nSPS) is 12.4. The Balaban J connectivity index is 2.19. The molecule has 9 heteroatoms. The topological polar surface area (TPSA) is 130 Å². The summed E-state index contributed by atoms with van der Waals surface area (Å²) >= 11 is 0. The number of carbonyl (C=O) groups is 1. The highest BCUT2D eigenvalue weighted by atomic mass is 16.4. The fourth-order valence-corrected chi connectivity index (χ4v) is 2.17. The number of carboxylic acid groups (broad SMARTS) is 1. The largest absolute Gasteiger partial charge is 0.474 e. The van der Waals surface area contributed by atoms with Crippen molar-refractivity contribution in [3.05, 3.63) is 34.7 Å². The van der Waals surface area contributed by atoms with E-state index in [0.29, 0.717) is 23.2 Å². The van der Waals surface area contributed by atoms with Gasteiger partial charge in [-0.3, -0.25) is 4.68 Å². The summed E-state index contributed by atoms with van der Waals surface area (Å²) in [4.78, 5) is 17.7. The molecule has 0 aliphatic carbocycles. The van der Waals surface area contributed by atoms with Crippen LogP contribution >= 0.6 is 0 Å². The van der Waals surface area contributed by atoms with Crippen molar-refractivity contribution in [2.24, 2.45) is 5.11 Å². The molecule has 106 valence electrons. The molecule has 0 bridgehead atoms. The number of oxazole rings is 1. The molecule has 1 N–H and O–H groups in total. The standard InChI is InChI=1S/C12H10N6O3/c1-6(16-17-13)5-18-10-7(4-14-18)2-3-8-9(10)15-11(21-8)12(19)20/h2-4,6H,5H2,1H3,(H,19,20)/t6-/m0/s1. The third kappa shape index (κ3) is 2.15. The van der Waals surface area contributed by atoms with Gasteiger partial charge in [-0.1, -0.05) is 12.0 Å². The summed E-state index contributed by atoms with van der Waals surface area (Å²) in [5, 5.41) is 17.6. The van der Waals surface area contributed by atoms with Crippen molar-refractivity contribution in [1.29, 1.82) is 0 Å². The van der Waals surface area contributed by atoms with E-state index < -0.39 is 5.97 Å². The van der Waals surface area contributed by atoms with Gasteiger partial charge in [-0.2, -0.15) is 5.10 Å². The average molecular weight is 286 g/mol. The monoisotopic (exact) mass is 286 g/mol. The van der Waals surface area contributed by atoms with Crippen LogP contribution in [0.5, 0.6) is 0 Å². The van der Waals surface area contributed by atoms with Gasteiger partial charge in [0.05, 0.1) is 17.8 Å². The SMILES string of the molecule is C[C@@H](Cn1ncc2ccc3oc(C(=O)O)nc3c21)N=[N+]=[N-]. The van der Waals surface area contributed by atoms with Crippen molar-refractivity contribution < 1.29 is 14.3 Å². The number of hydrogen-bond donors (Lipinski definition) is 1. The molecule has 1 aromatic carbocycles. The summed E-state index contributed by atoms with van der Waals surface area (Å²) in [6.45, 7) is 2.13. The van der Waals surface area contributed by atoms with Crippen molar-refractivity contribution >= 4 is 28.0 Å². The molecule has 0 aliphatic heterocycles. The highest BCUT2D eigenvalue weighted by Crippen LogP contribution is 2.26. The number of nitrogens with zero attached hydrogens (tertiary/aromatic N) is 6. The number of azide groups is 1. The minimum Gasteiger partial charge on any atom is -0.474 e. The van der Waals surface area contributed by atoms with E-state index in [1.807, 2.05) is 0 Å². The van der Waals surface area contributed by atoms with Gasteiger partial charge >= 0.3 is 11.9 Å². The minimum atomic E-state index is -1.23. The van der Waals surface area contributed by atoms with Gasteiger partial charge in [-0.25, -0.2) is 9.78 Å². The molecule has 3 aromatic rings. The Hall–Kier alpha value is -3.06. The molecule has 2 aromatic heterocycles. The molecule has 0 aliphatic rings. The predicted octanol–water partition coefficient (Wildman–Crippen LogP) is 2.57. The zero-order chi connectivity index (χ0) is 15.0. The second kappa shape index (κ2) is 4.80. The van der Waals surface area contributed by atoms with Crippen LogP contribution in [0.2, 0.25) is 0 Å². The lowest BCUT2D eigenvalue weighted by molar-refractivity contribution is 0.0656. The van der Waals surface area contributed by atoms with E-state index in [4.69, 9.17) is 15.1 Å². The summed E-state index contributed by atoms with van der Waals surface area (Å²) < 4.78 is 6.81. The van der Waals surface area contributed by atoms with Crippen LogP contribution in [-0.2, 0) is 6.54 Å². The minimum absolute atomic E-state index is 0.292. The van der Waals surface area contributed by atoms with Crippen LogP contribution in [0.3, 0.4) is 0 Å². The molecule has 0 fully saturated rings. The first-order valence-corrected chi connectivity index (χ1v) is 6.12. The maximum Gasteiger partial charge on any atom is 0.392 e. The van der Waals surface area contributed by atoms with Crippen LogP contribution < -0.4 is 0 Å². The Labute approximate surface area is 117 Å². The molecular formula is C12H10N6O3. The van der Waals surface area contributed by atoms with E-state index in [1.54, 1.807) is 29.9 Å². The fraction of sp³-hybridized carbons (Fsp3) is 0.250. The number of aromatic carboxylic acids is 1. The Morgan fingerprint density at radius 1 is 1.62 bits per heavy atom. The summed E-state index contributed by atoms with van der Waals surface area (Å²) in [7, 11) is 0. The maximum atomic E-state index is 11.0. The third-order valence-corrected chi connectivity index (χ3v) is 3.03. The van der Waals surface area contributed by atoms with E-state index in [0.717, 1.165) is 5.39 Å². The molecular weight excluding hydrogens is 276 g/mol. The average Bonchev–Trinajstić information content (AvgIpc) is 3.02. The first kappa shape index (κ1) is 12.9. The Bertz CT molecular complexity index is 889. The summed E-state index contributed by atoms with van der Waals surface area (Å²) in [5.41, 5.74) is 9.91. The predicted molar refractivity (Wildman–Crippen MR) is 72.9 cm³/mol. The molecule has 0 unspecified atom stereocenters. The lowest BCUT2D eigenvalue weighted by atomic mass is 10.2. The lowest BCUT2D eigenvalue weighted by Crippen LogP contribution is -2.11. The van der Waals surface area contributed by atoms with E-state index in [9.17, 15) is 4.79 Å². The molecule has 0 saturated carbocycles. The number of rotatable bonds is 4. The highest BCUT2D eigenvalue weighted by molar-refractivity contribution is 6.02. The van der Waals surface area contributed by atoms with Crippen LogP contribution in [0.4, 0.5) is 0 Å². The number of hydrogen-bond acceptors (Lipinski definition) is 5. The van der Waals surface area contributed by atoms with E-state index in [1.165, 1.54) is 0 Å². The molecule has 1 atom stereocenters. The van der Waals surface area contributed by atoms with Crippen molar-refractivity contribution in [3.63, 3.8) is 0 Å². The Morgan fingerprint density at radius 2 is 2.43 bits per heavy atom. The Morgan fingerprint density at radius 3 is 3.14 bits per heavy atom. The molecule has 0 amide bonds. The third-order valence-electron chi connectivity index (χ3n) is 3.03. The van der Waals surface area contributed by atoms with Gasteiger partial charge in [0.15, 0.2) is 5.58 Å². The van der Waals surface area contributed by atoms with Gasteiger partial charge in [0.1, 0.15) is 5.52 Å². The number of carboxylic acids is 1. The molecule has 0 radical (unpaired) electrons. The van der Waals surface area contributed by atoms with Crippen molar-refractivity contribution in [3.8, 4) is 0 Å². The van der Waals surface area contributed by atoms with E-state index >= 15 is 0 Å². The van der Waals surface area contributed by atoms with Crippen LogP contribution in [0.15, 0.2) is 27.9 Å². The van der Waals surface area contributed by atoms with Gasteiger partial charge in [0.2, 0.25) is 0 Å². The molecule has 21 heavy (non-hydrogen) atoms. The van der Waals surface area contributed by atoms with Crippen molar-refractivity contribution in [1.82, 2.24) is 14.8 Å². The van der Waals surface area contributed by atoms with Gasteiger partial charge < -0.3 is 9.52 Å². The molecule has 9 nitrogen and oxygen atoms in total. The molecule has 2 heterocycles. The maximum absolute atomic E-state index is 11.0. The quantitative estimate of drug-likeness (QED) is 0.447. The first-order valence-electron chi connectivity index (χ1n) is 6.12. The fourth-order valence-electron chi connectivity index (χ4n) is 2.17. The first-order chi connectivity index (χ1) is 10.1. The number of aromatic nitrogens is 3. The van der Waals surface area contributed by atoms with Crippen LogP contribution in [-0.4, -0.2) is 31.9 Å². The highest BCUT2D eigenvalue weighted by Gasteiger charge is 2.17. The number of fused-ring (bicyclic) bond motifs is 3. The summed E-state index contributed by atoms with van der Waals surface area (Å²) in [6.07, 6.45) is 1.65. The van der Waals surface area contributed by atoms with Crippen LogP contribution in [0, 0.1) is 0 Å². The van der Waals surface area contributed by atoms with Gasteiger partial charge in [-0.15, -0.1) is 0 Å². The van der Waals surface area contributed by atoms with Crippen molar-refractivity contribution in [2.75, 3.05) is 0 Å². The van der Waals surface area contributed by atoms with Crippen LogP contribution in [0.25, 0.3) is 32.4 Å². The van der Waals surface area contributed by atoms with Crippen LogP contribution in [0.1, 0.15) is 17.6 Å². The molecule has 0 spiro atoms. The zero-order valence-electron chi connectivity index (χ0n) is 11.0. The summed E-state index contributed by atoms with van der Waals surface area (Å²) in [5.74, 6) is -1.60. The lowest BCUT2D eigenvalue weighted by Gasteiger charge is -2.06. The van der Waals surface area contributed by atoms with E-state index in [2.05, 4.69) is 20.1 Å². The van der Waals surface area contributed by atoms with E-state index in [-0.39, 0.29) is 11.9 Å². The smallest absolute Gasteiger partial charge is 0.392 e. The van der Waals surface area contributed by atoms with Gasteiger partial charge in [0, 0.05) is 16.8 Å². The van der Waals surface area contributed by atoms with Gasteiger partial charge in [0.25, 0.3) is 0 Å². The van der Waals surface area contributed by atoms with Crippen molar-refractivity contribution in [2.45, 2.75) is 19.5 Å². The van der Waals surface area contributed by atoms with Gasteiger partial charge in [-0.05, 0) is 17.7 Å². The second-order valence-electron chi connectivity index (χ2n) is 4.55. The number of benzene rings is 1. The molecule has 3 rings (SSSR count). The second-order valence-corrected chi connectivity index (χ2v) is 4.55.